The third-order valence-corrected chi connectivity index (χ3v) is 2.92. The highest BCUT2D eigenvalue weighted by Crippen LogP contribution is 2.27. The first kappa shape index (κ1) is 7.30. The van der Waals surface area contributed by atoms with Gasteiger partial charge in [0.25, 0.3) is 0 Å². The van der Waals surface area contributed by atoms with Crippen LogP contribution in [0, 0.1) is 3.57 Å². The lowest BCUT2D eigenvalue weighted by molar-refractivity contribution is 0.422. The summed E-state index contributed by atoms with van der Waals surface area (Å²) in [7, 11) is 0. The van der Waals surface area contributed by atoms with Gasteiger partial charge in [-0.3, -0.25) is 0 Å². The SMILES string of the molecule is Ic1conc1-c1cccs1. The molecule has 0 aliphatic rings. The molecule has 0 aliphatic carbocycles. The Morgan fingerprint density at radius 3 is 3.00 bits per heavy atom. The first-order chi connectivity index (χ1) is 5.38. The molecule has 2 aromatic heterocycles. The van der Waals surface area contributed by atoms with E-state index in [4.69, 9.17) is 4.52 Å². The molecule has 0 atom stereocenters. The van der Waals surface area contributed by atoms with Gasteiger partial charge in [-0.2, -0.15) is 0 Å². The third-order valence-electron chi connectivity index (χ3n) is 1.28. The zero-order chi connectivity index (χ0) is 7.68. The summed E-state index contributed by atoms with van der Waals surface area (Å²) in [6.45, 7) is 0. The maximum atomic E-state index is 4.82. The Morgan fingerprint density at radius 2 is 2.45 bits per heavy atom. The number of halogens is 1. The normalized spacial score (nSPS) is 10.3. The Labute approximate surface area is 81.4 Å². The molecule has 0 bridgehead atoms. The van der Waals surface area contributed by atoms with Crippen LogP contribution in [-0.2, 0) is 0 Å². The number of hydrogen-bond donors (Lipinski definition) is 0. The summed E-state index contributed by atoms with van der Waals surface area (Å²) in [4.78, 5) is 1.16. The van der Waals surface area contributed by atoms with E-state index in [1.807, 2.05) is 17.5 Å². The summed E-state index contributed by atoms with van der Waals surface area (Å²) in [5.74, 6) is 0. The Morgan fingerprint density at radius 1 is 1.55 bits per heavy atom. The average Bonchev–Trinajstić information content (AvgIpc) is 2.55. The van der Waals surface area contributed by atoms with Gasteiger partial charge in [-0.05, 0) is 34.0 Å². The van der Waals surface area contributed by atoms with Gasteiger partial charge in [0.15, 0.2) is 0 Å². The van der Waals surface area contributed by atoms with Crippen LogP contribution in [0.3, 0.4) is 0 Å². The van der Waals surface area contributed by atoms with Gasteiger partial charge < -0.3 is 4.52 Å². The van der Waals surface area contributed by atoms with Gasteiger partial charge in [0, 0.05) is 0 Å². The van der Waals surface area contributed by atoms with Crippen LogP contribution in [0.4, 0.5) is 0 Å². The molecule has 4 heteroatoms. The van der Waals surface area contributed by atoms with E-state index in [1.165, 1.54) is 0 Å². The van der Waals surface area contributed by atoms with Crippen LogP contribution < -0.4 is 0 Å². The van der Waals surface area contributed by atoms with Gasteiger partial charge in [0.05, 0.1) is 8.45 Å². The smallest absolute Gasteiger partial charge is 0.137 e. The van der Waals surface area contributed by atoms with E-state index in [0.29, 0.717) is 0 Å². The predicted molar refractivity (Wildman–Crippen MR) is 52.5 cm³/mol. The van der Waals surface area contributed by atoms with Gasteiger partial charge in [-0.15, -0.1) is 11.3 Å². The summed E-state index contributed by atoms with van der Waals surface area (Å²) in [5.41, 5.74) is 0.945. The fourth-order valence-corrected chi connectivity index (χ4v) is 2.21. The molecule has 0 N–H and O–H groups in total. The molecule has 56 valence electrons. The second kappa shape index (κ2) is 2.94. The molecule has 0 radical (unpaired) electrons. The Kier molecular flexibility index (Phi) is 1.95. The lowest BCUT2D eigenvalue weighted by atomic mass is 10.3. The summed E-state index contributed by atoms with van der Waals surface area (Å²) in [6.07, 6.45) is 1.65. The molecule has 0 unspecified atom stereocenters. The number of nitrogens with zero attached hydrogens (tertiary/aromatic N) is 1. The molecule has 2 aromatic rings. The van der Waals surface area contributed by atoms with Crippen LogP contribution >= 0.6 is 33.9 Å². The molecular formula is C7H4INOS. The molecule has 2 heterocycles. The predicted octanol–water partition coefficient (Wildman–Crippen LogP) is 3.01. The zero-order valence-corrected chi connectivity index (χ0v) is 8.43. The van der Waals surface area contributed by atoms with E-state index >= 15 is 0 Å². The first-order valence-corrected chi connectivity index (χ1v) is 4.97. The van der Waals surface area contributed by atoms with Crippen molar-refractivity contribution in [2.75, 3.05) is 0 Å². The molecular weight excluding hydrogens is 273 g/mol. The van der Waals surface area contributed by atoms with Gasteiger partial charge >= 0.3 is 0 Å². The van der Waals surface area contributed by atoms with Crippen LogP contribution in [0.25, 0.3) is 10.6 Å². The summed E-state index contributed by atoms with van der Waals surface area (Å²) in [6, 6.07) is 4.04. The molecule has 0 fully saturated rings. The van der Waals surface area contributed by atoms with Crippen molar-refractivity contribution in [3.8, 4) is 10.6 Å². The topological polar surface area (TPSA) is 26.0 Å². The minimum atomic E-state index is 0.945. The van der Waals surface area contributed by atoms with Crippen LogP contribution in [0.2, 0.25) is 0 Å². The quantitative estimate of drug-likeness (QED) is 0.749. The molecule has 2 rings (SSSR count). The fourth-order valence-electron chi connectivity index (χ4n) is 0.801. The van der Waals surface area contributed by atoms with E-state index in [9.17, 15) is 0 Å². The summed E-state index contributed by atoms with van der Waals surface area (Å²) >= 11 is 3.87. The molecule has 0 spiro atoms. The Hall–Kier alpha value is -0.360. The van der Waals surface area contributed by atoms with Crippen molar-refractivity contribution in [3.05, 3.63) is 27.3 Å². The van der Waals surface area contributed by atoms with E-state index in [1.54, 1.807) is 17.6 Å². The number of rotatable bonds is 1. The van der Waals surface area contributed by atoms with Crippen molar-refractivity contribution in [2.24, 2.45) is 0 Å². The largest absolute Gasteiger partial charge is 0.363 e. The van der Waals surface area contributed by atoms with Crippen LogP contribution in [-0.4, -0.2) is 5.16 Å². The van der Waals surface area contributed by atoms with E-state index in [-0.39, 0.29) is 0 Å². The third kappa shape index (κ3) is 1.32. The van der Waals surface area contributed by atoms with Crippen LogP contribution in [0.5, 0.6) is 0 Å². The average molecular weight is 277 g/mol. The van der Waals surface area contributed by atoms with Crippen molar-refractivity contribution in [1.82, 2.24) is 5.16 Å². The maximum absolute atomic E-state index is 4.82. The highest BCUT2D eigenvalue weighted by Gasteiger charge is 2.07. The molecule has 0 aromatic carbocycles. The molecule has 0 aliphatic heterocycles. The number of hydrogen-bond acceptors (Lipinski definition) is 3. The Bertz CT molecular complexity index is 341. The number of thiophene rings is 1. The van der Waals surface area contributed by atoms with E-state index in [0.717, 1.165) is 14.1 Å². The Balaban J connectivity index is 2.53. The first-order valence-electron chi connectivity index (χ1n) is 3.01. The molecule has 2 nitrogen and oxygen atoms in total. The minimum absolute atomic E-state index is 0.945. The summed E-state index contributed by atoms with van der Waals surface area (Å²) < 4.78 is 5.88. The van der Waals surface area contributed by atoms with Gasteiger partial charge in [0.1, 0.15) is 12.0 Å². The molecule has 0 saturated carbocycles. The van der Waals surface area contributed by atoms with E-state index in [2.05, 4.69) is 27.7 Å². The number of aromatic nitrogens is 1. The molecule has 0 amide bonds. The highest BCUT2D eigenvalue weighted by molar-refractivity contribution is 14.1. The molecule has 11 heavy (non-hydrogen) atoms. The maximum Gasteiger partial charge on any atom is 0.137 e. The van der Waals surface area contributed by atoms with Crippen molar-refractivity contribution < 1.29 is 4.52 Å². The van der Waals surface area contributed by atoms with Gasteiger partial charge in [-0.25, -0.2) is 0 Å². The van der Waals surface area contributed by atoms with Gasteiger partial charge in [0.2, 0.25) is 0 Å². The van der Waals surface area contributed by atoms with Crippen molar-refractivity contribution in [1.29, 1.82) is 0 Å². The van der Waals surface area contributed by atoms with Crippen LogP contribution in [0.1, 0.15) is 0 Å². The highest BCUT2D eigenvalue weighted by atomic mass is 127. The summed E-state index contributed by atoms with van der Waals surface area (Å²) in [5, 5.41) is 5.91. The fraction of sp³-hybridized carbons (Fsp3) is 0. The second-order valence-electron chi connectivity index (χ2n) is 1.99. The van der Waals surface area contributed by atoms with Crippen molar-refractivity contribution in [2.45, 2.75) is 0 Å². The lowest BCUT2D eigenvalue weighted by Crippen LogP contribution is -1.72. The monoisotopic (exact) mass is 277 g/mol. The lowest BCUT2D eigenvalue weighted by Gasteiger charge is -1.86. The standard InChI is InChI=1S/C7H4INOS/c8-5-4-10-9-7(5)6-2-1-3-11-6/h1-4H. The van der Waals surface area contributed by atoms with Crippen LogP contribution in [0.15, 0.2) is 28.3 Å². The minimum Gasteiger partial charge on any atom is -0.363 e. The van der Waals surface area contributed by atoms with E-state index < -0.39 is 0 Å². The van der Waals surface area contributed by atoms with Crippen molar-refractivity contribution in [3.63, 3.8) is 0 Å². The molecule has 0 saturated heterocycles. The van der Waals surface area contributed by atoms with Crippen molar-refractivity contribution >= 4 is 33.9 Å². The van der Waals surface area contributed by atoms with Gasteiger partial charge in [-0.1, -0.05) is 11.2 Å². The zero-order valence-electron chi connectivity index (χ0n) is 5.45. The second-order valence-corrected chi connectivity index (χ2v) is 4.10.